The van der Waals surface area contributed by atoms with Gasteiger partial charge in [-0.2, -0.15) is 0 Å². The van der Waals surface area contributed by atoms with Gasteiger partial charge in [0.25, 0.3) is 0 Å². The molecule has 0 amide bonds. The van der Waals surface area contributed by atoms with Crippen LogP contribution in [-0.2, 0) is 19.0 Å². The van der Waals surface area contributed by atoms with Gasteiger partial charge in [0.15, 0.2) is 5.79 Å². The first-order valence-electron chi connectivity index (χ1n) is 7.85. The maximum absolute atomic E-state index is 10.6. The second-order valence-electron chi connectivity index (χ2n) is 7.80. The highest BCUT2D eigenvalue weighted by Gasteiger charge is 2.70. The lowest BCUT2D eigenvalue weighted by Gasteiger charge is -2.64. The van der Waals surface area contributed by atoms with Crippen LogP contribution >= 0.6 is 0 Å². The molecule has 3 saturated carbocycles. The van der Waals surface area contributed by atoms with Gasteiger partial charge in [0.05, 0.1) is 12.7 Å². The summed E-state index contributed by atoms with van der Waals surface area (Å²) in [5.74, 6) is -0.326. The normalized spacial score (nSPS) is 42.2. The van der Waals surface area contributed by atoms with E-state index in [1.165, 1.54) is 6.42 Å². The third-order valence-electron chi connectivity index (χ3n) is 5.83. The quantitative estimate of drug-likeness (QED) is 0.790. The number of carbonyl (C=O) groups is 1. The molecular weight excluding hydrogens is 272 g/mol. The molecule has 0 spiro atoms. The van der Waals surface area contributed by atoms with E-state index in [2.05, 4.69) is 13.8 Å². The van der Waals surface area contributed by atoms with Crippen LogP contribution < -0.4 is 0 Å². The maximum Gasteiger partial charge on any atom is 0.329 e. The van der Waals surface area contributed by atoms with Crippen LogP contribution in [0.15, 0.2) is 0 Å². The van der Waals surface area contributed by atoms with Crippen LogP contribution in [0.1, 0.15) is 47.0 Å². The van der Waals surface area contributed by atoms with Crippen molar-refractivity contribution in [2.24, 2.45) is 17.3 Å². The standard InChI is InChI=1S/C16H26O5/c1-14(2)10-7-11(14)16(5-6-19-9-13(17)18)12(8-10)20-15(3,4)21-16/h10-12H,5-9H2,1-4H3,(H,17,18)/t10-,11-,12+,16-/m1/s1. The Labute approximate surface area is 125 Å². The van der Waals surface area contributed by atoms with Crippen molar-refractivity contribution in [3.05, 3.63) is 0 Å². The van der Waals surface area contributed by atoms with Gasteiger partial charge in [-0.05, 0) is 43.9 Å². The van der Waals surface area contributed by atoms with E-state index in [-0.39, 0.29) is 23.7 Å². The fourth-order valence-corrected chi connectivity index (χ4v) is 4.81. The predicted octanol–water partition coefficient (Wildman–Crippen LogP) is 2.43. The topological polar surface area (TPSA) is 65.0 Å². The lowest BCUT2D eigenvalue weighted by molar-refractivity contribution is -0.235. The number of ether oxygens (including phenoxy) is 3. The summed E-state index contributed by atoms with van der Waals surface area (Å²) in [6, 6.07) is 0. The molecule has 2 bridgehead atoms. The van der Waals surface area contributed by atoms with Crippen molar-refractivity contribution in [2.45, 2.75) is 64.4 Å². The molecular formula is C16H26O5. The Hall–Kier alpha value is -0.650. The Bertz CT molecular complexity index is 444. The first kappa shape index (κ1) is 15.3. The monoisotopic (exact) mass is 298 g/mol. The van der Waals surface area contributed by atoms with Gasteiger partial charge < -0.3 is 19.3 Å². The Morgan fingerprint density at radius 1 is 1.29 bits per heavy atom. The van der Waals surface area contributed by atoms with E-state index in [1.807, 2.05) is 13.8 Å². The lowest BCUT2D eigenvalue weighted by Crippen LogP contribution is -2.67. The van der Waals surface area contributed by atoms with Crippen molar-refractivity contribution < 1.29 is 24.1 Å². The molecule has 1 aliphatic heterocycles. The van der Waals surface area contributed by atoms with E-state index < -0.39 is 11.8 Å². The number of aliphatic carboxylic acids is 1. The summed E-state index contributed by atoms with van der Waals surface area (Å²) >= 11 is 0. The predicted molar refractivity (Wildman–Crippen MR) is 75.8 cm³/mol. The molecule has 1 heterocycles. The molecule has 0 aromatic carbocycles. The van der Waals surface area contributed by atoms with Gasteiger partial charge in [-0.25, -0.2) is 4.79 Å². The van der Waals surface area contributed by atoms with Crippen LogP contribution in [0.2, 0.25) is 0 Å². The van der Waals surface area contributed by atoms with Gasteiger partial charge in [0, 0.05) is 6.42 Å². The average Bonchev–Trinajstić information content (AvgIpc) is 2.63. The zero-order valence-corrected chi connectivity index (χ0v) is 13.3. The third-order valence-corrected chi connectivity index (χ3v) is 5.83. The number of carboxylic acids is 1. The fraction of sp³-hybridized carbons (Fsp3) is 0.938. The molecule has 0 unspecified atom stereocenters. The summed E-state index contributed by atoms with van der Waals surface area (Å²) in [7, 11) is 0. The van der Waals surface area contributed by atoms with Crippen LogP contribution in [0.4, 0.5) is 0 Å². The third kappa shape index (κ3) is 2.30. The van der Waals surface area contributed by atoms with Crippen LogP contribution in [0.5, 0.6) is 0 Å². The molecule has 4 atom stereocenters. The van der Waals surface area contributed by atoms with Crippen molar-refractivity contribution in [1.82, 2.24) is 0 Å². The zero-order chi connectivity index (χ0) is 15.5. The van der Waals surface area contributed by atoms with E-state index in [1.54, 1.807) is 0 Å². The van der Waals surface area contributed by atoms with Crippen LogP contribution in [0, 0.1) is 17.3 Å². The van der Waals surface area contributed by atoms with Gasteiger partial charge >= 0.3 is 5.97 Å². The van der Waals surface area contributed by atoms with Gasteiger partial charge in [0.1, 0.15) is 12.2 Å². The number of rotatable bonds is 5. The zero-order valence-electron chi connectivity index (χ0n) is 13.3. The average molecular weight is 298 g/mol. The molecule has 4 aliphatic rings. The SMILES string of the molecule is CC1(C)O[C@H]2C[C@H]3C[C@H](C3(C)C)[C@@]2(CCOCC(=O)O)O1. The summed E-state index contributed by atoms with van der Waals surface area (Å²) in [5.41, 5.74) is -0.0483. The van der Waals surface area contributed by atoms with Crippen molar-refractivity contribution in [1.29, 1.82) is 0 Å². The highest BCUT2D eigenvalue weighted by atomic mass is 16.8. The minimum atomic E-state index is -0.930. The molecule has 4 rings (SSSR count). The lowest BCUT2D eigenvalue weighted by atomic mass is 9.43. The summed E-state index contributed by atoms with van der Waals surface area (Å²) in [5, 5.41) is 8.68. The highest BCUT2D eigenvalue weighted by Crippen LogP contribution is 2.67. The van der Waals surface area contributed by atoms with Crippen LogP contribution in [0.3, 0.4) is 0 Å². The van der Waals surface area contributed by atoms with E-state index in [4.69, 9.17) is 19.3 Å². The number of hydrogen-bond donors (Lipinski definition) is 1. The van der Waals surface area contributed by atoms with Crippen LogP contribution in [0.25, 0.3) is 0 Å². The molecule has 4 fully saturated rings. The summed E-state index contributed by atoms with van der Waals surface area (Å²) in [6.07, 6.45) is 3.03. The second kappa shape index (κ2) is 4.67. The van der Waals surface area contributed by atoms with Gasteiger partial charge in [0.2, 0.25) is 0 Å². The Morgan fingerprint density at radius 2 is 2.00 bits per heavy atom. The molecule has 0 aromatic rings. The Morgan fingerprint density at radius 3 is 2.62 bits per heavy atom. The first-order chi connectivity index (χ1) is 9.67. The van der Waals surface area contributed by atoms with E-state index >= 15 is 0 Å². The Balaban J connectivity index is 1.75. The number of hydrogen-bond acceptors (Lipinski definition) is 4. The molecule has 0 radical (unpaired) electrons. The molecule has 1 N–H and O–H groups in total. The molecule has 1 saturated heterocycles. The summed E-state index contributed by atoms with van der Waals surface area (Å²) < 4.78 is 17.8. The molecule has 0 aromatic heterocycles. The Kier molecular flexibility index (Phi) is 3.39. The van der Waals surface area contributed by atoms with Crippen molar-refractivity contribution in [2.75, 3.05) is 13.2 Å². The van der Waals surface area contributed by atoms with E-state index in [0.29, 0.717) is 24.9 Å². The van der Waals surface area contributed by atoms with Gasteiger partial charge in [-0.1, -0.05) is 13.8 Å². The second-order valence-corrected chi connectivity index (χ2v) is 7.80. The smallest absolute Gasteiger partial charge is 0.329 e. The maximum atomic E-state index is 10.6. The largest absolute Gasteiger partial charge is 0.480 e. The first-order valence-corrected chi connectivity index (χ1v) is 7.85. The minimum Gasteiger partial charge on any atom is -0.480 e. The molecule has 5 heteroatoms. The van der Waals surface area contributed by atoms with Crippen LogP contribution in [-0.4, -0.2) is 41.8 Å². The van der Waals surface area contributed by atoms with Gasteiger partial charge in [-0.3, -0.25) is 0 Å². The molecule has 3 aliphatic carbocycles. The molecule has 21 heavy (non-hydrogen) atoms. The van der Waals surface area contributed by atoms with Crippen molar-refractivity contribution in [3.8, 4) is 0 Å². The van der Waals surface area contributed by atoms with E-state index in [0.717, 1.165) is 6.42 Å². The summed E-state index contributed by atoms with van der Waals surface area (Å²) in [4.78, 5) is 10.6. The van der Waals surface area contributed by atoms with Crippen molar-refractivity contribution in [3.63, 3.8) is 0 Å². The van der Waals surface area contributed by atoms with Gasteiger partial charge in [-0.15, -0.1) is 0 Å². The molecule has 5 nitrogen and oxygen atoms in total. The highest BCUT2D eigenvalue weighted by molar-refractivity contribution is 5.67. The fourth-order valence-electron chi connectivity index (χ4n) is 4.81. The number of carboxylic acid groups (broad SMARTS) is 1. The minimum absolute atomic E-state index is 0.109. The van der Waals surface area contributed by atoms with Crippen molar-refractivity contribution >= 4 is 5.97 Å². The summed E-state index contributed by atoms with van der Waals surface area (Å²) in [6.45, 7) is 8.72. The van der Waals surface area contributed by atoms with E-state index in [9.17, 15) is 4.79 Å². The molecule has 120 valence electrons.